The molecule has 0 aliphatic heterocycles. The van der Waals surface area contributed by atoms with Gasteiger partial charge in [-0.05, 0) is 18.8 Å². The molecule has 0 atom stereocenters. The van der Waals surface area contributed by atoms with E-state index in [4.69, 9.17) is 0 Å². The molecule has 0 aromatic heterocycles. The molecule has 0 aromatic carbocycles. The number of carbonyl (C=O) groups excluding carboxylic acids is 1. The fraction of sp³-hybridized carbons (Fsp3) is 0.900. The summed E-state index contributed by atoms with van der Waals surface area (Å²) in [6.45, 7) is 9.31. The van der Waals surface area contributed by atoms with Crippen molar-refractivity contribution in [2.45, 2.75) is 46.6 Å². The van der Waals surface area contributed by atoms with Crippen molar-refractivity contribution in [2.75, 3.05) is 0 Å². The molecule has 0 radical (unpaired) electrons. The minimum Gasteiger partial charge on any atom is -0.389 e. The Bertz CT molecular complexity index is 151. The first-order chi connectivity index (χ1) is 5.30. The van der Waals surface area contributed by atoms with Crippen molar-refractivity contribution in [3.8, 4) is 0 Å². The Morgan fingerprint density at radius 3 is 1.67 bits per heavy atom. The SMILES string of the molecule is CC(=O)CC(O)(C(C)C)C(C)C. The average Bonchev–Trinajstić information content (AvgIpc) is 1.84. The molecule has 0 heterocycles. The van der Waals surface area contributed by atoms with Crippen LogP contribution in [0, 0.1) is 11.8 Å². The number of rotatable bonds is 4. The fourth-order valence-corrected chi connectivity index (χ4v) is 1.47. The molecule has 72 valence electrons. The number of Topliss-reactive ketones (excluding diaryl/α,β-unsaturated/α-hetero) is 1. The summed E-state index contributed by atoms with van der Waals surface area (Å²) in [5.74, 6) is 0.308. The van der Waals surface area contributed by atoms with Gasteiger partial charge < -0.3 is 5.11 Å². The highest BCUT2D eigenvalue weighted by Gasteiger charge is 2.35. The molecule has 2 heteroatoms. The summed E-state index contributed by atoms with van der Waals surface area (Å²) in [5.41, 5.74) is -0.828. The molecule has 0 fully saturated rings. The van der Waals surface area contributed by atoms with Gasteiger partial charge in [0.05, 0.1) is 5.60 Å². The minimum absolute atomic E-state index is 0.0555. The minimum atomic E-state index is -0.828. The molecule has 0 saturated carbocycles. The Hall–Kier alpha value is -0.370. The van der Waals surface area contributed by atoms with Crippen molar-refractivity contribution in [1.82, 2.24) is 0 Å². The van der Waals surface area contributed by atoms with Gasteiger partial charge in [0.1, 0.15) is 5.78 Å². The monoisotopic (exact) mass is 172 g/mol. The zero-order valence-corrected chi connectivity index (χ0v) is 8.72. The van der Waals surface area contributed by atoms with Crippen LogP contribution in [0.5, 0.6) is 0 Å². The van der Waals surface area contributed by atoms with E-state index in [1.165, 1.54) is 6.92 Å². The second-order valence-electron chi connectivity index (χ2n) is 4.18. The highest BCUT2D eigenvalue weighted by molar-refractivity contribution is 5.76. The molecular formula is C10H20O2. The summed E-state index contributed by atoms with van der Waals surface area (Å²) in [6, 6.07) is 0. The van der Waals surface area contributed by atoms with Crippen molar-refractivity contribution in [2.24, 2.45) is 11.8 Å². The standard InChI is InChI=1S/C10H20O2/c1-7(2)10(12,8(3)4)6-9(5)11/h7-8,12H,6H2,1-5H3. The fourth-order valence-electron chi connectivity index (χ4n) is 1.47. The second kappa shape index (κ2) is 4.04. The summed E-state index contributed by atoms with van der Waals surface area (Å²) in [5, 5.41) is 10.1. The van der Waals surface area contributed by atoms with E-state index in [-0.39, 0.29) is 24.0 Å². The lowest BCUT2D eigenvalue weighted by Gasteiger charge is -2.35. The van der Waals surface area contributed by atoms with Crippen molar-refractivity contribution in [1.29, 1.82) is 0 Å². The van der Waals surface area contributed by atoms with E-state index in [9.17, 15) is 9.90 Å². The summed E-state index contributed by atoms with van der Waals surface area (Å²) >= 11 is 0. The third-order valence-electron chi connectivity index (χ3n) is 2.53. The molecule has 1 N–H and O–H groups in total. The van der Waals surface area contributed by atoms with Gasteiger partial charge in [0.15, 0.2) is 0 Å². The van der Waals surface area contributed by atoms with Gasteiger partial charge in [0, 0.05) is 6.42 Å². The number of hydrogen-bond acceptors (Lipinski definition) is 2. The normalized spacial score (nSPS) is 12.7. The molecule has 0 saturated heterocycles. The lowest BCUT2D eigenvalue weighted by Crippen LogP contribution is -2.42. The van der Waals surface area contributed by atoms with Gasteiger partial charge in [-0.25, -0.2) is 0 Å². The van der Waals surface area contributed by atoms with Crippen LogP contribution in [-0.2, 0) is 4.79 Å². The van der Waals surface area contributed by atoms with Gasteiger partial charge in [0.25, 0.3) is 0 Å². The molecule has 0 rings (SSSR count). The van der Waals surface area contributed by atoms with E-state index in [2.05, 4.69) is 0 Å². The van der Waals surface area contributed by atoms with Crippen LogP contribution in [0.3, 0.4) is 0 Å². The van der Waals surface area contributed by atoms with Gasteiger partial charge in [-0.2, -0.15) is 0 Å². The van der Waals surface area contributed by atoms with Crippen molar-refractivity contribution >= 4 is 5.78 Å². The predicted molar refractivity (Wildman–Crippen MR) is 49.9 cm³/mol. The highest BCUT2D eigenvalue weighted by atomic mass is 16.3. The van der Waals surface area contributed by atoms with Gasteiger partial charge in [-0.3, -0.25) is 4.79 Å². The maximum Gasteiger partial charge on any atom is 0.132 e. The smallest absolute Gasteiger partial charge is 0.132 e. The Balaban J connectivity index is 4.51. The third-order valence-corrected chi connectivity index (χ3v) is 2.53. The number of ketones is 1. The Morgan fingerprint density at radius 2 is 1.58 bits per heavy atom. The van der Waals surface area contributed by atoms with E-state index in [1.807, 2.05) is 27.7 Å². The van der Waals surface area contributed by atoms with Crippen LogP contribution in [0.4, 0.5) is 0 Å². The van der Waals surface area contributed by atoms with E-state index >= 15 is 0 Å². The van der Waals surface area contributed by atoms with Crippen LogP contribution in [0.15, 0.2) is 0 Å². The molecule has 0 spiro atoms. The largest absolute Gasteiger partial charge is 0.389 e. The zero-order valence-electron chi connectivity index (χ0n) is 8.72. The molecule has 0 amide bonds. The highest BCUT2D eigenvalue weighted by Crippen LogP contribution is 2.29. The van der Waals surface area contributed by atoms with Gasteiger partial charge in [-0.1, -0.05) is 27.7 Å². The Kier molecular flexibility index (Phi) is 3.91. The quantitative estimate of drug-likeness (QED) is 0.704. The molecule has 0 aliphatic rings. The van der Waals surface area contributed by atoms with Gasteiger partial charge in [0.2, 0.25) is 0 Å². The maximum absolute atomic E-state index is 10.9. The van der Waals surface area contributed by atoms with Crippen LogP contribution in [0.25, 0.3) is 0 Å². The van der Waals surface area contributed by atoms with Crippen LogP contribution in [-0.4, -0.2) is 16.5 Å². The van der Waals surface area contributed by atoms with E-state index < -0.39 is 5.60 Å². The van der Waals surface area contributed by atoms with Crippen molar-refractivity contribution in [3.05, 3.63) is 0 Å². The third kappa shape index (κ3) is 2.59. The molecule has 0 bridgehead atoms. The number of hydrogen-bond donors (Lipinski definition) is 1. The lowest BCUT2D eigenvalue weighted by atomic mass is 9.77. The predicted octanol–water partition coefficient (Wildman–Crippen LogP) is 2.01. The van der Waals surface area contributed by atoms with Crippen LogP contribution in [0.2, 0.25) is 0 Å². The summed E-state index contributed by atoms with van der Waals surface area (Å²) < 4.78 is 0. The van der Waals surface area contributed by atoms with E-state index in [0.717, 1.165) is 0 Å². The van der Waals surface area contributed by atoms with E-state index in [1.54, 1.807) is 0 Å². The maximum atomic E-state index is 10.9. The van der Waals surface area contributed by atoms with Gasteiger partial charge >= 0.3 is 0 Å². The zero-order chi connectivity index (χ0) is 9.94. The molecule has 0 aliphatic carbocycles. The van der Waals surface area contributed by atoms with Crippen LogP contribution >= 0.6 is 0 Å². The van der Waals surface area contributed by atoms with E-state index in [0.29, 0.717) is 0 Å². The Labute approximate surface area is 75.0 Å². The number of carbonyl (C=O) groups is 1. The Morgan fingerprint density at radius 1 is 1.25 bits per heavy atom. The number of aliphatic hydroxyl groups is 1. The van der Waals surface area contributed by atoms with Crippen molar-refractivity contribution in [3.63, 3.8) is 0 Å². The molecule has 2 nitrogen and oxygen atoms in total. The topological polar surface area (TPSA) is 37.3 Å². The first-order valence-corrected chi connectivity index (χ1v) is 4.52. The molecule has 12 heavy (non-hydrogen) atoms. The summed E-state index contributed by atoms with van der Waals surface area (Å²) in [4.78, 5) is 10.9. The average molecular weight is 172 g/mol. The van der Waals surface area contributed by atoms with Crippen LogP contribution in [0.1, 0.15) is 41.0 Å². The summed E-state index contributed by atoms with van der Waals surface area (Å²) in [7, 11) is 0. The second-order valence-corrected chi connectivity index (χ2v) is 4.18. The molecular weight excluding hydrogens is 152 g/mol. The summed E-state index contributed by atoms with van der Waals surface area (Å²) in [6.07, 6.45) is 0.266. The van der Waals surface area contributed by atoms with Gasteiger partial charge in [-0.15, -0.1) is 0 Å². The van der Waals surface area contributed by atoms with Crippen LogP contribution < -0.4 is 0 Å². The lowest BCUT2D eigenvalue weighted by molar-refractivity contribution is -0.127. The van der Waals surface area contributed by atoms with Crippen molar-refractivity contribution < 1.29 is 9.90 Å². The molecule has 0 unspecified atom stereocenters. The first kappa shape index (κ1) is 11.6. The first-order valence-electron chi connectivity index (χ1n) is 4.52. The molecule has 0 aromatic rings.